The molecule has 0 N–H and O–H groups in total. The third-order valence-electron chi connectivity index (χ3n) is 5.66. The number of aromatic nitrogens is 3. The molecule has 8 heteroatoms. The lowest BCUT2D eigenvalue weighted by Crippen LogP contribution is -2.41. The van der Waals surface area contributed by atoms with Crippen LogP contribution in [0.2, 0.25) is 0 Å². The number of hydrogen-bond donors (Lipinski definition) is 0. The van der Waals surface area contributed by atoms with Gasteiger partial charge in [0.05, 0.1) is 19.7 Å². The molecule has 0 spiro atoms. The number of para-hydroxylation sites is 1. The number of nitrogens with zero attached hydrogens (tertiary/aromatic N) is 5. The first-order valence-corrected chi connectivity index (χ1v) is 10.6. The number of ether oxygens (including phenoxy) is 1. The number of amides is 2. The molecule has 30 heavy (non-hydrogen) atoms. The Morgan fingerprint density at radius 1 is 1.23 bits per heavy atom. The average molecular weight is 414 g/mol. The zero-order valence-electron chi connectivity index (χ0n) is 18.1. The number of methoxy groups -OCH3 is 1. The molecule has 1 atom stereocenters. The third-order valence-corrected chi connectivity index (χ3v) is 5.66. The Morgan fingerprint density at radius 3 is 2.73 bits per heavy atom. The Kier molecular flexibility index (Phi) is 7.43. The van der Waals surface area contributed by atoms with E-state index in [2.05, 4.69) is 10.3 Å². The highest BCUT2D eigenvalue weighted by molar-refractivity contribution is 5.91. The largest absolute Gasteiger partial charge is 0.496 e. The molecule has 0 radical (unpaired) electrons. The quantitative estimate of drug-likeness (QED) is 0.663. The van der Waals surface area contributed by atoms with Crippen LogP contribution in [0.25, 0.3) is 0 Å². The first kappa shape index (κ1) is 21.8. The van der Waals surface area contributed by atoms with Gasteiger partial charge in [-0.2, -0.15) is 0 Å². The minimum Gasteiger partial charge on any atom is -0.496 e. The first-order chi connectivity index (χ1) is 14.5. The molecule has 1 saturated heterocycles. The molecule has 1 fully saturated rings. The molecule has 1 aliphatic rings. The summed E-state index contributed by atoms with van der Waals surface area (Å²) in [4.78, 5) is 28.9. The summed E-state index contributed by atoms with van der Waals surface area (Å²) in [6, 6.07) is 7.64. The lowest BCUT2D eigenvalue weighted by atomic mass is 9.97. The van der Waals surface area contributed by atoms with Crippen LogP contribution < -0.4 is 4.74 Å². The Bertz CT molecular complexity index is 862. The molecule has 2 amide bonds. The minimum atomic E-state index is -0.0940. The van der Waals surface area contributed by atoms with E-state index >= 15 is 0 Å². The van der Waals surface area contributed by atoms with E-state index in [4.69, 9.17) is 4.74 Å². The summed E-state index contributed by atoms with van der Waals surface area (Å²) in [6.45, 7) is 7.30. The SMILES string of the molecule is CCN(CC)C(=O)c1cn(C[C@@H]2CCCN(C(=O)Cc3ccccc3OC)C2)nn1. The van der Waals surface area contributed by atoms with Crippen LogP contribution in [0.5, 0.6) is 5.75 Å². The summed E-state index contributed by atoms with van der Waals surface area (Å²) in [7, 11) is 1.62. The zero-order valence-corrected chi connectivity index (χ0v) is 18.1. The fourth-order valence-electron chi connectivity index (χ4n) is 3.99. The summed E-state index contributed by atoms with van der Waals surface area (Å²) >= 11 is 0. The maximum atomic E-state index is 12.9. The molecule has 0 unspecified atom stereocenters. The maximum Gasteiger partial charge on any atom is 0.276 e. The number of likely N-dealkylation sites (tertiary alicyclic amines) is 1. The molecule has 3 rings (SSSR count). The van der Waals surface area contributed by atoms with E-state index in [0.29, 0.717) is 44.2 Å². The number of carbonyl (C=O) groups is 2. The van der Waals surface area contributed by atoms with Gasteiger partial charge in [-0.15, -0.1) is 5.10 Å². The maximum absolute atomic E-state index is 12.9. The van der Waals surface area contributed by atoms with Crippen LogP contribution in [0.1, 0.15) is 42.7 Å². The summed E-state index contributed by atoms with van der Waals surface area (Å²) in [6.07, 6.45) is 4.04. The van der Waals surface area contributed by atoms with Gasteiger partial charge in [-0.05, 0) is 38.7 Å². The van der Waals surface area contributed by atoms with Crippen LogP contribution in [0, 0.1) is 5.92 Å². The van der Waals surface area contributed by atoms with Crippen LogP contribution in [0.4, 0.5) is 0 Å². The van der Waals surface area contributed by atoms with Gasteiger partial charge in [-0.3, -0.25) is 14.3 Å². The van der Waals surface area contributed by atoms with Crippen molar-refractivity contribution in [3.05, 3.63) is 41.7 Å². The molecule has 2 heterocycles. The fourth-order valence-corrected chi connectivity index (χ4v) is 3.99. The lowest BCUT2D eigenvalue weighted by molar-refractivity contribution is -0.132. The highest BCUT2D eigenvalue weighted by Crippen LogP contribution is 2.22. The van der Waals surface area contributed by atoms with Crippen molar-refractivity contribution in [2.24, 2.45) is 5.92 Å². The van der Waals surface area contributed by atoms with Crippen molar-refractivity contribution in [3.8, 4) is 5.75 Å². The second-order valence-corrected chi connectivity index (χ2v) is 7.64. The number of carbonyl (C=O) groups excluding carboxylic acids is 2. The van der Waals surface area contributed by atoms with E-state index in [-0.39, 0.29) is 11.8 Å². The molecule has 0 saturated carbocycles. The van der Waals surface area contributed by atoms with E-state index in [1.54, 1.807) is 22.9 Å². The van der Waals surface area contributed by atoms with Crippen molar-refractivity contribution in [1.82, 2.24) is 24.8 Å². The van der Waals surface area contributed by atoms with Crippen LogP contribution in [-0.2, 0) is 17.8 Å². The van der Waals surface area contributed by atoms with Crippen molar-refractivity contribution < 1.29 is 14.3 Å². The van der Waals surface area contributed by atoms with E-state index in [1.807, 2.05) is 43.0 Å². The number of hydrogen-bond acceptors (Lipinski definition) is 5. The number of benzene rings is 1. The molecule has 0 aliphatic carbocycles. The normalized spacial score (nSPS) is 16.4. The van der Waals surface area contributed by atoms with E-state index in [0.717, 1.165) is 30.7 Å². The van der Waals surface area contributed by atoms with Gasteiger partial charge in [0.15, 0.2) is 5.69 Å². The van der Waals surface area contributed by atoms with Crippen LogP contribution in [-0.4, -0.2) is 69.9 Å². The van der Waals surface area contributed by atoms with E-state index < -0.39 is 0 Å². The molecule has 1 aromatic carbocycles. The average Bonchev–Trinajstić information content (AvgIpc) is 3.23. The predicted molar refractivity (Wildman–Crippen MR) is 113 cm³/mol. The molecule has 8 nitrogen and oxygen atoms in total. The molecular formula is C22H31N5O3. The van der Waals surface area contributed by atoms with Crippen molar-refractivity contribution in [3.63, 3.8) is 0 Å². The summed E-state index contributed by atoms with van der Waals surface area (Å²) in [5, 5.41) is 8.20. The van der Waals surface area contributed by atoms with Gasteiger partial charge >= 0.3 is 0 Å². The Morgan fingerprint density at radius 2 is 2.00 bits per heavy atom. The monoisotopic (exact) mass is 413 g/mol. The van der Waals surface area contributed by atoms with Gasteiger partial charge in [0.2, 0.25) is 5.91 Å². The Hall–Kier alpha value is -2.90. The minimum absolute atomic E-state index is 0.0940. The standard InChI is InChI=1S/C22H31N5O3/c1-4-25(5-2)22(29)19-16-27(24-23-19)15-17-9-8-12-26(14-17)21(28)13-18-10-6-7-11-20(18)30-3/h6-7,10-11,16-17H,4-5,8-9,12-15H2,1-3H3/t17-/m1/s1. The van der Waals surface area contributed by atoms with Crippen molar-refractivity contribution in [2.45, 2.75) is 39.7 Å². The van der Waals surface area contributed by atoms with Gasteiger partial charge in [-0.1, -0.05) is 23.4 Å². The topological polar surface area (TPSA) is 80.6 Å². The summed E-state index contributed by atoms with van der Waals surface area (Å²) < 4.78 is 7.10. The lowest BCUT2D eigenvalue weighted by Gasteiger charge is -2.33. The highest BCUT2D eigenvalue weighted by Gasteiger charge is 2.25. The molecule has 1 aliphatic heterocycles. The zero-order chi connectivity index (χ0) is 21.5. The summed E-state index contributed by atoms with van der Waals surface area (Å²) in [5.74, 6) is 1.05. The van der Waals surface area contributed by atoms with Gasteiger partial charge in [0.25, 0.3) is 5.91 Å². The summed E-state index contributed by atoms with van der Waals surface area (Å²) in [5.41, 5.74) is 1.28. The molecule has 1 aromatic heterocycles. The first-order valence-electron chi connectivity index (χ1n) is 10.6. The smallest absolute Gasteiger partial charge is 0.276 e. The van der Waals surface area contributed by atoms with Crippen LogP contribution in [0.15, 0.2) is 30.5 Å². The fraction of sp³-hybridized carbons (Fsp3) is 0.545. The van der Waals surface area contributed by atoms with Crippen molar-refractivity contribution in [1.29, 1.82) is 0 Å². The third kappa shape index (κ3) is 5.17. The van der Waals surface area contributed by atoms with E-state index in [9.17, 15) is 9.59 Å². The van der Waals surface area contributed by atoms with E-state index in [1.165, 1.54) is 0 Å². The van der Waals surface area contributed by atoms with Gasteiger partial charge in [-0.25, -0.2) is 0 Å². The second kappa shape index (κ2) is 10.2. The van der Waals surface area contributed by atoms with Gasteiger partial charge < -0.3 is 14.5 Å². The Balaban J connectivity index is 1.59. The Labute approximate surface area is 177 Å². The second-order valence-electron chi connectivity index (χ2n) is 7.64. The molecule has 162 valence electrons. The molecule has 0 bridgehead atoms. The molecule has 2 aromatic rings. The van der Waals surface area contributed by atoms with Crippen molar-refractivity contribution >= 4 is 11.8 Å². The van der Waals surface area contributed by atoms with Crippen molar-refractivity contribution in [2.75, 3.05) is 33.3 Å². The van der Waals surface area contributed by atoms with Crippen LogP contribution in [0.3, 0.4) is 0 Å². The predicted octanol–water partition coefficient (Wildman–Crippen LogP) is 2.25. The van der Waals surface area contributed by atoms with Gasteiger partial charge in [0.1, 0.15) is 5.75 Å². The van der Waals surface area contributed by atoms with Gasteiger partial charge in [0, 0.05) is 38.3 Å². The number of rotatable bonds is 8. The highest BCUT2D eigenvalue weighted by atomic mass is 16.5. The molecular weight excluding hydrogens is 382 g/mol. The number of piperidine rings is 1. The van der Waals surface area contributed by atoms with Crippen LogP contribution >= 0.6 is 0 Å².